The molecule has 0 amide bonds. The first-order valence-electron chi connectivity index (χ1n) is 9.36. The number of carbonyl (C=O) groups excluding carboxylic acids is 1. The first-order chi connectivity index (χ1) is 12.6. The third-order valence-corrected chi connectivity index (χ3v) is 6.32. The number of ether oxygens (including phenoxy) is 3. The van der Waals surface area contributed by atoms with E-state index in [4.69, 9.17) is 14.2 Å². The molecule has 1 aromatic rings. The van der Waals surface area contributed by atoms with Crippen molar-refractivity contribution in [1.29, 1.82) is 0 Å². The zero-order valence-corrected chi connectivity index (χ0v) is 16.0. The van der Waals surface area contributed by atoms with Gasteiger partial charge in [0.2, 0.25) is 0 Å². The van der Waals surface area contributed by atoms with Gasteiger partial charge in [0.25, 0.3) is 0 Å². The second-order valence-corrected chi connectivity index (χ2v) is 7.52. The second-order valence-electron chi connectivity index (χ2n) is 7.52. The van der Waals surface area contributed by atoms with Crippen molar-refractivity contribution >= 4 is 5.78 Å². The smallest absolute Gasteiger partial charge is 0.166 e. The van der Waals surface area contributed by atoms with Crippen LogP contribution in [0.4, 0.5) is 0 Å². The number of likely N-dealkylation sites (tertiary alicyclic amines) is 1. The van der Waals surface area contributed by atoms with Gasteiger partial charge in [0.15, 0.2) is 17.3 Å². The highest BCUT2D eigenvalue weighted by Crippen LogP contribution is 2.57. The fourth-order valence-corrected chi connectivity index (χ4v) is 5.12. The summed E-state index contributed by atoms with van der Waals surface area (Å²) in [7, 11) is 5.46. The lowest BCUT2D eigenvalue weighted by atomic mass is 9.56. The van der Waals surface area contributed by atoms with Crippen LogP contribution in [0.5, 0.6) is 11.5 Å². The van der Waals surface area contributed by atoms with Gasteiger partial charge in [-0.3, -0.25) is 9.69 Å². The van der Waals surface area contributed by atoms with Crippen LogP contribution in [-0.4, -0.2) is 57.2 Å². The summed E-state index contributed by atoms with van der Waals surface area (Å²) in [4.78, 5) is 15.2. The minimum Gasteiger partial charge on any atom is -0.493 e. The van der Waals surface area contributed by atoms with Gasteiger partial charge < -0.3 is 14.2 Å². The highest BCUT2D eigenvalue weighted by molar-refractivity contribution is 5.90. The molecule has 0 spiro atoms. The Balaban J connectivity index is 1.99. The zero-order valence-electron chi connectivity index (χ0n) is 16.0. The molecule has 1 saturated heterocycles. The third-order valence-electron chi connectivity index (χ3n) is 6.32. The molecular formula is C21H27NO4. The molecule has 1 aliphatic heterocycles. The number of hydrogen-bond acceptors (Lipinski definition) is 5. The van der Waals surface area contributed by atoms with E-state index in [1.54, 1.807) is 14.2 Å². The molecular weight excluding hydrogens is 330 g/mol. The normalized spacial score (nSPS) is 30.3. The zero-order chi connectivity index (χ0) is 18.5. The van der Waals surface area contributed by atoms with E-state index in [2.05, 4.69) is 24.1 Å². The largest absolute Gasteiger partial charge is 0.493 e. The average Bonchev–Trinajstić information content (AvgIpc) is 2.64. The standard InChI is InChI=1S/C21H27NO4/c1-5-26-20-17(24-3)7-6-13-10-15-14-11-18(25-4)16(23)12-21(14,19(13)20)8-9-22(15)2/h6-7,11,15,18H,5,8-10,12H2,1-4H3/t15-,18?,21+/m0/s1. The highest BCUT2D eigenvalue weighted by atomic mass is 16.5. The van der Waals surface area contributed by atoms with Gasteiger partial charge in [-0.15, -0.1) is 0 Å². The van der Waals surface area contributed by atoms with Crippen LogP contribution in [0.2, 0.25) is 0 Å². The Hall–Kier alpha value is -1.85. The van der Waals surface area contributed by atoms with E-state index in [1.165, 1.54) is 11.1 Å². The van der Waals surface area contributed by atoms with Gasteiger partial charge in [-0.2, -0.15) is 0 Å². The Labute approximate surface area is 154 Å². The molecule has 0 aromatic heterocycles. The molecule has 2 bridgehead atoms. The lowest BCUT2D eigenvalue weighted by molar-refractivity contribution is -0.129. The maximum atomic E-state index is 12.8. The predicted octanol–water partition coefficient (Wildman–Crippen LogP) is 2.51. The molecule has 4 rings (SSSR count). The Morgan fingerprint density at radius 3 is 2.81 bits per heavy atom. The SMILES string of the molecule is CCOc1c(OC)ccc2c1[C@@]13CCN(C)[C@@H](C2)C1=CC(OC)C(=O)C3. The molecule has 140 valence electrons. The van der Waals surface area contributed by atoms with Gasteiger partial charge in [-0.1, -0.05) is 6.07 Å². The van der Waals surface area contributed by atoms with Crippen LogP contribution in [0.3, 0.4) is 0 Å². The van der Waals surface area contributed by atoms with E-state index in [9.17, 15) is 4.79 Å². The van der Waals surface area contributed by atoms with Crippen molar-refractivity contribution in [2.45, 2.75) is 43.7 Å². The van der Waals surface area contributed by atoms with Crippen molar-refractivity contribution in [1.82, 2.24) is 4.90 Å². The molecule has 1 unspecified atom stereocenters. The van der Waals surface area contributed by atoms with Gasteiger partial charge in [0.1, 0.15) is 6.10 Å². The van der Waals surface area contributed by atoms with Crippen LogP contribution in [0, 0.1) is 0 Å². The van der Waals surface area contributed by atoms with Crippen LogP contribution in [0.15, 0.2) is 23.8 Å². The third kappa shape index (κ3) is 2.33. The highest BCUT2D eigenvalue weighted by Gasteiger charge is 2.54. The molecule has 1 heterocycles. The number of methoxy groups -OCH3 is 2. The van der Waals surface area contributed by atoms with Gasteiger partial charge in [-0.05, 0) is 56.6 Å². The van der Waals surface area contributed by atoms with Crippen molar-refractivity contribution in [3.05, 3.63) is 34.9 Å². The number of piperidine rings is 1. The van der Waals surface area contributed by atoms with E-state index in [1.807, 2.05) is 13.0 Å². The van der Waals surface area contributed by atoms with Gasteiger partial charge in [0.05, 0.1) is 13.7 Å². The molecule has 3 atom stereocenters. The van der Waals surface area contributed by atoms with Crippen LogP contribution < -0.4 is 9.47 Å². The minimum atomic E-state index is -0.435. The molecule has 5 nitrogen and oxygen atoms in total. The van der Waals surface area contributed by atoms with Crippen LogP contribution >= 0.6 is 0 Å². The molecule has 1 aromatic carbocycles. The van der Waals surface area contributed by atoms with Crippen molar-refractivity contribution in [2.24, 2.45) is 0 Å². The van der Waals surface area contributed by atoms with E-state index >= 15 is 0 Å². The number of nitrogens with zero attached hydrogens (tertiary/aromatic N) is 1. The van der Waals surface area contributed by atoms with Gasteiger partial charge in [-0.25, -0.2) is 0 Å². The lowest BCUT2D eigenvalue weighted by Gasteiger charge is -2.54. The summed E-state index contributed by atoms with van der Waals surface area (Å²) in [6, 6.07) is 4.45. The topological polar surface area (TPSA) is 48.0 Å². The lowest BCUT2D eigenvalue weighted by Crippen LogP contribution is -2.57. The van der Waals surface area contributed by atoms with Crippen LogP contribution in [0.1, 0.15) is 30.9 Å². The fourth-order valence-electron chi connectivity index (χ4n) is 5.12. The summed E-state index contributed by atoms with van der Waals surface area (Å²) in [5, 5.41) is 0. The number of hydrogen-bond donors (Lipinski definition) is 0. The van der Waals surface area contributed by atoms with Gasteiger partial charge in [0, 0.05) is 30.6 Å². The monoisotopic (exact) mass is 357 g/mol. The minimum absolute atomic E-state index is 0.151. The number of ketones is 1. The number of rotatable bonds is 4. The molecule has 0 radical (unpaired) electrons. The first-order valence-corrected chi connectivity index (χ1v) is 9.36. The Morgan fingerprint density at radius 2 is 2.12 bits per heavy atom. The second kappa shape index (κ2) is 6.39. The number of carbonyl (C=O) groups is 1. The quantitative estimate of drug-likeness (QED) is 0.775. The molecule has 0 N–H and O–H groups in total. The van der Waals surface area contributed by atoms with E-state index < -0.39 is 6.10 Å². The maximum Gasteiger partial charge on any atom is 0.166 e. The maximum absolute atomic E-state index is 12.8. The fraction of sp³-hybridized carbons (Fsp3) is 0.571. The molecule has 2 aliphatic carbocycles. The Bertz CT molecular complexity index is 772. The molecule has 5 heteroatoms. The van der Waals surface area contributed by atoms with Gasteiger partial charge >= 0.3 is 0 Å². The van der Waals surface area contributed by atoms with E-state index in [0.717, 1.165) is 36.4 Å². The Kier molecular flexibility index (Phi) is 4.32. The van der Waals surface area contributed by atoms with Crippen LogP contribution in [0.25, 0.3) is 0 Å². The summed E-state index contributed by atoms with van der Waals surface area (Å²) >= 11 is 0. The van der Waals surface area contributed by atoms with Crippen molar-refractivity contribution in [3.8, 4) is 11.5 Å². The number of fused-ring (bicyclic) bond motifs is 1. The van der Waals surface area contributed by atoms with Crippen molar-refractivity contribution < 1.29 is 19.0 Å². The van der Waals surface area contributed by atoms with E-state index in [-0.39, 0.29) is 11.2 Å². The molecule has 3 aliphatic rings. The van der Waals surface area contributed by atoms with Crippen molar-refractivity contribution in [3.63, 3.8) is 0 Å². The molecule has 1 fully saturated rings. The average molecular weight is 357 g/mol. The summed E-state index contributed by atoms with van der Waals surface area (Å²) in [6.07, 6.45) is 3.95. The van der Waals surface area contributed by atoms with Crippen LogP contribution in [-0.2, 0) is 21.4 Å². The summed E-state index contributed by atoms with van der Waals surface area (Å²) < 4.78 is 17.1. The first kappa shape index (κ1) is 17.6. The van der Waals surface area contributed by atoms with Crippen molar-refractivity contribution in [2.75, 3.05) is 34.4 Å². The number of Topliss-reactive ketones (excluding diaryl/α,β-unsaturated/α-hetero) is 1. The summed E-state index contributed by atoms with van der Waals surface area (Å²) in [6.45, 7) is 3.52. The Morgan fingerprint density at radius 1 is 1.31 bits per heavy atom. The van der Waals surface area contributed by atoms with E-state index in [0.29, 0.717) is 19.1 Å². The predicted molar refractivity (Wildman–Crippen MR) is 99.1 cm³/mol. The summed E-state index contributed by atoms with van der Waals surface area (Å²) in [5.41, 5.74) is 3.46. The number of benzene rings is 1. The molecule has 26 heavy (non-hydrogen) atoms. The number of likely N-dealkylation sites (N-methyl/N-ethyl adjacent to an activating group) is 1. The summed E-state index contributed by atoms with van der Waals surface area (Å²) in [5.74, 6) is 1.71. The molecule has 0 saturated carbocycles.